The highest BCUT2D eigenvalue weighted by Crippen LogP contribution is 2.43. The summed E-state index contributed by atoms with van der Waals surface area (Å²) in [5.74, 6) is 0.373. The van der Waals surface area contributed by atoms with Gasteiger partial charge in [-0.15, -0.1) is 0 Å². The molecule has 1 amide bonds. The van der Waals surface area contributed by atoms with E-state index in [1.165, 1.54) is 4.52 Å². The highest BCUT2D eigenvalue weighted by Gasteiger charge is 2.47. The normalized spacial score (nSPS) is 22.8. The number of fused-ring (bicyclic) bond motifs is 3. The van der Waals surface area contributed by atoms with E-state index in [0.717, 1.165) is 36.9 Å². The van der Waals surface area contributed by atoms with Crippen molar-refractivity contribution < 1.29 is 9.53 Å². The number of carbonyl (C=O) groups excluding carboxylic acids is 1. The fraction of sp³-hybridized carbons (Fsp3) is 0.647. The number of amides is 1. The predicted octanol–water partition coefficient (Wildman–Crippen LogP) is 2.40. The number of aromatic nitrogens is 4. The number of halogens is 1. The molecule has 4 rings (SSSR count). The summed E-state index contributed by atoms with van der Waals surface area (Å²) < 4.78 is 7.39. The molecule has 26 heavy (non-hydrogen) atoms. The van der Waals surface area contributed by atoms with Gasteiger partial charge in [0.1, 0.15) is 5.60 Å². The lowest BCUT2D eigenvalue weighted by Crippen LogP contribution is -2.50. The number of hydrogen-bond acceptors (Lipinski definition) is 5. The lowest BCUT2D eigenvalue weighted by molar-refractivity contribution is 0.0133. The van der Waals surface area contributed by atoms with Gasteiger partial charge >= 0.3 is 6.09 Å². The number of rotatable bonds is 0. The maximum atomic E-state index is 13.1. The van der Waals surface area contributed by atoms with Gasteiger partial charge in [-0.3, -0.25) is 9.89 Å². The molecule has 1 aliphatic heterocycles. The van der Waals surface area contributed by atoms with Gasteiger partial charge in [-0.05, 0) is 62.4 Å². The number of aromatic amines is 1. The first-order chi connectivity index (χ1) is 12.2. The zero-order chi connectivity index (χ0) is 18.7. The van der Waals surface area contributed by atoms with E-state index in [9.17, 15) is 9.59 Å². The van der Waals surface area contributed by atoms with Crippen molar-refractivity contribution in [2.45, 2.75) is 57.5 Å². The molecule has 1 N–H and O–H groups in total. The molecule has 0 bridgehead atoms. The Morgan fingerprint density at radius 2 is 2.08 bits per heavy atom. The fourth-order valence-corrected chi connectivity index (χ4v) is 4.49. The Kier molecular flexibility index (Phi) is 3.91. The van der Waals surface area contributed by atoms with Crippen LogP contribution in [0.25, 0.3) is 5.78 Å². The average molecular weight is 424 g/mol. The average Bonchev–Trinajstić information content (AvgIpc) is 3.07. The fourth-order valence-electron chi connectivity index (χ4n) is 4.15. The third-order valence-electron chi connectivity index (χ3n) is 5.14. The molecule has 1 fully saturated rings. The molecular weight excluding hydrogens is 402 g/mol. The summed E-state index contributed by atoms with van der Waals surface area (Å²) in [6.45, 7) is 6.72. The van der Waals surface area contributed by atoms with E-state index < -0.39 is 5.60 Å². The first kappa shape index (κ1) is 17.5. The minimum atomic E-state index is -0.537. The van der Waals surface area contributed by atoms with E-state index in [1.54, 1.807) is 4.90 Å². The van der Waals surface area contributed by atoms with E-state index in [2.05, 4.69) is 31.0 Å². The monoisotopic (exact) mass is 423 g/mol. The Morgan fingerprint density at radius 3 is 2.81 bits per heavy atom. The van der Waals surface area contributed by atoms with Gasteiger partial charge in [0.25, 0.3) is 11.3 Å². The molecule has 1 atom stereocenters. The summed E-state index contributed by atoms with van der Waals surface area (Å²) in [6, 6.07) is 0. The molecule has 140 valence electrons. The first-order valence-electron chi connectivity index (χ1n) is 8.84. The smallest absolute Gasteiger partial charge is 0.410 e. The zero-order valence-electron chi connectivity index (χ0n) is 15.1. The predicted molar refractivity (Wildman–Crippen MR) is 98.3 cm³/mol. The van der Waals surface area contributed by atoms with Crippen LogP contribution in [0.1, 0.15) is 51.3 Å². The molecule has 1 unspecified atom stereocenters. The number of likely N-dealkylation sites (tertiary alicyclic amines) is 1. The van der Waals surface area contributed by atoms with Crippen LogP contribution in [0.5, 0.6) is 0 Å². The first-order valence-corrected chi connectivity index (χ1v) is 9.63. The van der Waals surface area contributed by atoms with Crippen molar-refractivity contribution in [3.8, 4) is 0 Å². The number of hydrogen-bond donors (Lipinski definition) is 1. The Morgan fingerprint density at radius 1 is 1.31 bits per heavy atom. The van der Waals surface area contributed by atoms with E-state index in [1.807, 2.05) is 20.8 Å². The number of piperidine rings is 1. The number of H-pyrrole nitrogens is 1. The molecule has 1 aliphatic carbocycles. The molecule has 2 aromatic heterocycles. The van der Waals surface area contributed by atoms with Crippen LogP contribution in [0, 0.1) is 0 Å². The van der Waals surface area contributed by atoms with Crippen LogP contribution in [-0.4, -0.2) is 49.3 Å². The van der Waals surface area contributed by atoms with Crippen molar-refractivity contribution in [1.82, 2.24) is 24.5 Å². The Labute approximate surface area is 159 Å². The Bertz CT molecular complexity index is 944. The van der Waals surface area contributed by atoms with Gasteiger partial charge in [0.15, 0.2) is 4.73 Å². The molecule has 1 spiro atoms. The molecule has 0 saturated carbocycles. The number of nitrogens with zero attached hydrogens (tertiary/aromatic N) is 4. The lowest BCUT2D eigenvalue weighted by atomic mass is 9.76. The van der Waals surface area contributed by atoms with Crippen LogP contribution in [0.4, 0.5) is 4.79 Å². The summed E-state index contributed by atoms with van der Waals surface area (Å²) in [4.78, 5) is 36.2. The third-order valence-corrected chi connectivity index (χ3v) is 5.50. The largest absolute Gasteiger partial charge is 0.444 e. The van der Waals surface area contributed by atoms with E-state index in [0.29, 0.717) is 23.6 Å². The van der Waals surface area contributed by atoms with Crippen LogP contribution in [0.2, 0.25) is 0 Å². The van der Waals surface area contributed by atoms with Crippen LogP contribution >= 0.6 is 15.9 Å². The summed E-state index contributed by atoms with van der Waals surface area (Å²) in [7, 11) is 0. The van der Waals surface area contributed by atoms with Crippen LogP contribution in [0.15, 0.2) is 9.53 Å². The standard InChI is InChI=1S/C17H22BrN5O3/c1-16(2,3)26-15(25)22-8-4-6-17(9-22)7-5-10-11(17)12(24)23-14(19-10)20-13(18)21-23/h4-9H2,1-3H3,(H,19,20,21). The Balaban J connectivity index is 1.72. The third kappa shape index (κ3) is 2.82. The quantitative estimate of drug-likeness (QED) is 0.701. The van der Waals surface area contributed by atoms with Gasteiger partial charge in [-0.25, -0.2) is 9.78 Å². The molecule has 0 aromatic carbocycles. The highest BCUT2D eigenvalue weighted by atomic mass is 79.9. The van der Waals surface area contributed by atoms with Gasteiger partial charge in [-0.1, -0.05) is 0 Å². The SMILES string of the molecule is CC(C)(C)OC(=O)N1CCCC2(CCc3nc4nc(Br)[nH]n4c(=O)c32)C1. The molecule has 1 saturated heterocycles. The maximum absolute atomic E-state index is 13.1. The molecule has 2 aromatic rings. The summed E-state index contributed by atoms with van der Waals surface area (Å²) in [5.41, 5.74) is 0.518. The summed E-state index contributed by atoms with van der Waals surface area (Å²) >= 11 is 3.26. The maximum Gasteiger partial charge on any atom is 0.410 e. The topological polar surface area (TPSA) is 92.6 Å². The van der Waals surface area contributed by atoms with Gasteiger partial charge in [0.05, 0.1) is 5.69 Å². The second kappa shape index (κ2) is 5.80. The molecule has 3 heterocycles. The Hall–Kier alpha value is -1.90. The van der Waals surface area contributed by atoms with Crippen LogP contribution < -0.4 is 5.56 Å². The van der Waals surface area contributed by atoms with E-state index in [4.69, 9.17) is 4.74 Å². The highest BCUT2D eigenvalue weighted by molar-refractivity contribution is 9.10. The second-order valence-corrected chi connectivity index (χ2v) is 8.93. The lowest BCUT2D eigenvalue weighted by Gasteiger charge is -2.40. The molecular formula is C17H22BrN5O3. The number of nitrogens with one attached hydrogen (secondary N) is 1. The number of aryl methyl sites for hydroxylation is 1. The zero-order valence-corrected chi connectivity index (χ0v) is 16.7. The van der Waals surface area contributed by atoms with Crippen molar-refractivity contribution in [2.24, 2.45) is 0 Å². The molecule has 2 aliphatic rings. The summed E-state index contributed by atoms with van der Waals surface area (Å²) in [6.07, 6.45) is 2.94. The minimum absolute atomic E-state index is 0.119. The summed E-state index contributed by atoms with van der Waals surface area (Å²) in [5, 5.41) is 2.89. The van der Waals surface area contributed by atoms with E-state index in [-0.39, 0.29) is 17.1 Å². The van der Waals surface area contributed by atoms with Crippen molar-refractivity contribution >= 4 is 27.8 Å². The molecule has 8 nitrogen and oxygen atoms in total. The van der Waals surface area contributed by atoms with Crippen molar-refractivity contribution in [3.05, 3.63) is 26.3 Å². The van der Waals surface area contributed by atoms with Crippen LogP contribution in [0.3, 0.4) is 0 Å². The van der Waals surface area contributed by atoms with Gasteiger partial charge in [-0.2, -0.15) is 9.50 Å². The minimum Gasteiger partial charge on any atom is -0.444 e. The van der Waals surface area contributed by atoms with Crippen molar-refractivity contribution in [2.75, 3.05) is 13.1 Å². The number of carbonyl (C=O) groups is 1. The van der Waals surface area contributed by atoms with Crippen molar-refractivity contribution in [1.29, 1.82) is 0 Å². The van der Waals surface area contributed by atoms with Gasteiger partial charge in [0, 0.05) is 24.1 Å². The second-order valence-electron chi connectivity index (χ2n) is 8.17. The molecule has 0 radical (unpaired) electrons. The van der Waals surface area contributed by atoms with Gasteiger partial charge in [0.2, 0.25) is 0 Å². The number of ether oxygens (including phenoxy) is 1. The van der Waals surface area contributed by atoms with Crippen molar-refractivity contribution in [3.63, 3.8) is 0 Å². The van der Waals surface area contributed by atoms with Crippen LogP contribution in [-0.2, 0) is 16.6 Å². The molecule has 9 heteroatoms. The van der Waals surface area contributed by atoms with Gasteiger partial charge < -0.3 is 9.64 Å². The van der Waals surface area contributed by atoms with E-state index >= 15 is 0 Å².